The molecule has 38 heavy (non-hydrogen) atoms. The molecule has 1 N–H and O–H groups in total. The maximum atomic E-state index is 13.7. The standard InChI is InChI=1S/C26H21ClN4O5S2/c1-4-35-24(34)21-14(3)29-26-31(22(21)15-5-7-16(27)8-6-15)23(33)18(37-26)12-17-9-10-20(36-17)38-25-28-13(2)11-19(32)30-25/h5-12,22H,4H2,1-3H3,(H,28,30,32)/b18-12+/t22-/m0/s1. The first-order valence-corrected chi connectivity index (χ1v) is 13.6. The Kier molecular flexibility index (Phi) is 7.24. The van der Waals surface area contributed by atoms with Gasteiger partial charge in [0, 0.05) is 22.9 Å². The maximum absolute atomic E-state index is 13.7. The van der Waals surface area contributed by atoms with Gasteiger partial charge in [0.2, 0.25) is 0 Å². The SMILES string of the molecule is CCOC(=O)C1=C(C)N=c2s/c(=C/c3ccc(Sc4nc(C)cc(=O)[nH]4)o3)c(=O)n2[C@H]1c1ccc(Cl)cc1. The fourth-order valence-corrected chi connectivity index (χ4v) is 6.00. The number of esters is 1. The average molecular weight is 569 g/mol. The van der Waals surface area contributed by atoms with Crippen LogP contribution in [-0.2, 0) is 9.53 Å². The van der Waals surface area contributed by atoms with E-state index < -0.39 is 12.0 Å². The number of rotatable bonds is 6. The van der Waals surface area contributed by atoms with Gasteiger partial charge >= 0.3 is 5.97 Å². The summed E-state index contributed by atoms with van der Waals surface area (Å²) < 4.78 is 13.1. The highest BCUT2D eigenvalue weighted by atomic mass is 35.5. The maximum Gasteiger partial charge on any atom is 0.338 e. The van der Waals surface area contributed by atoms with Gasteiger partial charge in [0.15, 0.2) is 15.1 Å². The van der Waals surface area contributed by atoms with E-state index in [-0.39, 0.29) is 17.7 Å². The number of carbonyl (C=O) groups excluding carboxylic acids is 1. The number of fused-ring (bicyclic) bond motifs is 1. The molecule has 4 heterocycles. The van der Waals surface area contributed by atoms with E-state index in [0.29, 0.717) is 52.9 Å². The number of aromatic nitrogens is 3. The molecule has 0 bridgehead atoms. The number of furan rings is 1. The fraction of sp³-hybridized carbons (Fsp3) is 0.192. The van der Waals surface area contributed by atoms with Crippen LogP contribution in [0.3, 0.4) is 0 Å². The predicted octanol–water partition coefficient (Wildman–Crippen LogP) is 3.59. The molecule has 0 unspecified atom stereocenters. The van der Waals surface area contributed by atoms with Crippen LogP contribution in [0.1, 0.15) is 36.9 Å². The molecule has 1 atom stereocenters. The predicted molar refractivity (Wildman–Crippen MR) is 144 cm³/mol. The third kappa shape index (κ3) is 5.17. The molecule has 0 spiro atoms. The fourth-order valence-electron chi connectivity index (χ4n) is 4.04. The number of ether oxygens (including phenoxy) is 1. The van der Waals surface area contributed by atoms with Gasteiger partial charge in [-0.1, -0.05) is 35.1 Å². The van der Waals surface area contributed by atoms with Gasteiger partial charge in [0.25, 0.3) is 11.1 Å². The van der Waals surface area contributed by atoms with Crippen LogP contribution in [0.15, 0.2) is 83.0 Å². The lowest BCUT2D eigenvalue weighted by Gasteiger charge is -2.24. The number of aromatic amines is 1. The molecule has 0 aliphatic carbocycles. The molecule has 1 aromatic carbocycles. The number of allylic oxidation sites excluding steroid dienone is 1. The Morgan fingerprint density at radius 1 is 1.24 bits per heavy atom. The highest BCUT2D eigenvalue weighted by molar-refractivity contribution is 7.99. The van der Waals surface area contributed by atoms with Crippen molar-refractivity contribution in [3.63, 3.8) is 0 Å². The van der Waals surface area contributed by atoms with E-state index in [1.807, 2.05) is 0 Å². The van der Waals surface area contributed by atoms with Gasteiger partial charge in [-0.15, -0.1) is 0 Å². The highest BCUT2D eigenvalue weighted by Crippen LogP contribution is 2.31. The summed E-state index contributed by atoms with van der Waals surface area (Å²) in [5, 5.41) is 1.44. The van der Waals surface area contributed by atoms with Crippen LogP contribution in [0.2, 0.25) is 5.02 Å². The molecular formula is C26H21ClN4O5S2. The summed E-state index contributed by atoms with van der Waals surface area (Å²) in [7, 11) is 0. The molecule has 1 aliphatic heterocycles. The normalized spacial score (nSPS) is 15.4. The number of thiazole rings is 1. The van der Waals surface area contributed by atoms with E-state index in [4.69, 9.17) is 20.8 Å². The van der Waals surface area contributed by atoms with Gasteiger partial charge < -0.3 is 14.1 Å². The van der Waals surface area contributed by atoms with Crippen LogP contribution in [0.5, 0.6) is 0 Å². The van der Waals surface area contributed by atoms with Gasteiger partial charge in [-0.25, -0.2) is 14.8 Å². The minimum Gasteiger partial charge on any atom is -0.463 e. The number of halogens is 1. The third-order valence-electron chi connectivity index (χ3n) is 5.62. The Morgan fingerprint density at radius 2 is 2.00 bits per heavy atom. The lowest BCUT2D eigenvalue weighted by Crippen LogP contribution is -2.39. The van der Waals surface area contributed by atoms with E-state index in [1.54, 1.807) is 63.2 Å². The lowest BCUT2D eigenvalue weighted by molar-refractivity contribution is -0.139. The second kappa shape index (κ2) is 10.6. The number of aryl methyl sites for hydroxylation is 1. The van der Waals surface area contributed by atoms with Gasteiger partial charge in [0.05, 0.1) is 28.5 Å². The molecule has 194 valence electrons. The highest BCUT2D eigenvalue weighted by Gasteiger charge is 2.33. The van der Waals surface area contributed by atoms with Gasteiger partial charge in [-0.05, 0) is 62.4 Å². The van der Waals surface area contributed by atoms with Crippen LogP contribution < -0.4 is 20.5 Å². The monoisotopic (exact) mass is 568 g/mol. The first-order chi connectivity index (χ1) is 18.2. The topological polar surface area (TPSA) is 120 Å². The van der Waals surface area contributed by atoms with Crippen LogP contribution in [0.25, 0.3) is 6.08 Å². The van der Waals surface area contributed by atoms with Crippen molar-refractivity contribution in [1.82, 2.24) is 14.5 Å². The molecule has 0 saturated heterocycles. The van der Waals surface area contributed by atoms with Crippen molar-refractivity contribution in [2.24, 2.45) is 4.99 Å². The van der Waals surface area contributed by atoms with E-state index >= 15 is 0 Å². The summed E-state index contributed by atoms with van der Waals surface area (Å²) in [5.74, 6) is -0.0874. The summed E-state index contributed by atoms with van der Waals surface area (Å²) in [6, 6.07) is 11.1. The molecular weight excluding hydrogens is 548 g/mol. The first kappa shape index (κ1) is 26.0. The number of hydrogen-bond donors (Lipinski definition) is 1. The quantitative estimate of drug-likeness (QED) is 0.279. The van der Waals surface area contributed by atoms with E-state index in [2.05, 4.69) is 15.0 Å². The van der Waals surface area contributed by atoms with Crippen molar-refractivity contribution in [2.75, 3.05) is 6.61 Å². The smallest absolute Gasteiger partial charge is 0.338 e. The van der Waals surface area contributed by atoms with Crippen LogP contribution in [0.4, 0.5) is 0 Å². The number of benzene rings is 1. The molecule has 0 radical (unpaired) electrons. The van der Waals surface area contributed by atoms with E-state index in [0.717, 1.165) is 0 Å². The number of nitrogens with one attached hydrogen (secondary N) is 1. The first-order valence-electron chi connectivity index (χ1n) is 11.5. The third-order valence-corrected chi connectivity index (χ3v) is 7.67. The minimum atomic E-state index is -0.725. The van der Waals surface area contributed by atoms with Crippen molar-refractivity contribution in [3.8, 4) is 0 Å². The summed E-state index contributed by atoms with van der Waals surface area (Å²) in [4.78, 5) is 50.3. The zero-order valence-electron chi connectivity index (χ0n) is 20.5. The van der Waals surface area contributed by atoms with Crippen molar-refractivity contribution in [1.29, 1.82) is 0 Å². The lowest BCUT2D eigenvalue weighted by atomic mass is 9.96. The Labute approximate surface area is 229 Å². The Bertz CT molecular complexity index is 1820. The number of carbonyl (C=O) groups is 1. The van der Waals surface area contributed by atoms with Crippen molar-refractivity contribution >= 4 is 46.7 Å². The minimum absolute atomic E-state index is 0.193. The molecule has 0 amide bonds. The van der Waals surface area contributed by atoms with Gasteiger partial charge in [0.1, 0.15) is 5.76 Å². The molecule has 12 heteroatoms. The molecule has 3 aromatic heterocycles. The van der Waals surface area contributed by atoms with Gasteiger partial charge in [-0.2, -0.15) is 0 Å². The molecule has 1 aliphatic rings. The number of nitrogens with zero attached hydrogens (tertiary/aromatic N) is 3. The second-order valence-corrected chi connectivity index (χ2v) is 10.7. The van der Waals surface area contributed by atoms with Crippen LogP contribution in [0, 0.1) is 6.92 Å². The van der Waals surface area contributed by atoms with E-state index in [9.17, 15) is 14.4 Å². The molecule has 9 nitrogen and oxygen atoms in total. The van der Waals surface area contributed by atoms with Crippen molar-refractivity contribution in [2.45, 2.75) is 37.1 Å². The average Bonchev–Trinajstić information content (AvgIpc) is 3.41. The Balaban J connectivity index is 1.57. The molecule has 0 fully saturated rings. The van der Waals surface area contributed by atoms with Crippen molar-refractivity contribution in [3.05, 3.63) is 106 Å². The van der Waals surface area contributed by atoms with Gasteiger partial charge in [-0.3, -0.25) is 14.2 Å². The van der Waals surface area contributed by atoms with Crippen LogP contribution in [-0.4, -0.2) is 27.1 Å². The largest absolute Gasteiger partial charge is 0.463 e. The zero-order valence-corrected chi connectivity index (χ0v) is 22.9. The zero-order chi connectivity index (χ0) is 27.0. The summed E-state index contributed by atoms with van der Waals surface area (Å²) in [6.07, 6.45) is 1.63. The summed E-state index contributed by atoms with van der Waals surface area (Å²) in [6.45, 7) is 5.38. The van der Waals surface area contributed by atoms with Crippen LogP contribution >= 0.6 is 34.7 Å². The number of hydrogen-bond acceptors (Lipinski definition) is 9. The second-order valence-electron chi connectivity index (χ2n) is 8.30. The molecule has 4 aromatic rings. The summed E-state index contributed by atoms with van der Waals surface area (Å²) >= 11 is 8.46. The van der Waals surface area contributed by atoms with Crippen molar-refractivity contribution < 1.29 is 13.9 Å². The summed E-state index contributed by atoms with van der Waals surface area (Å²) in [5.41, 5.74) is 1.50. The number of H-pyrrole nitrogens is 1. The Morgan fingerprint density at radius 3 is 2.71 bits per heavy atom. The van der Waals surface area contributed by atoms with E-state index in [1.165, 1.54) is 33.7 Å². The molecule has 0 saturated carbocycles. The molecule has 5 rings (SSSR count). The Hall–Kier alpha value is -3.67.